The maximum atomic E-state index is 12.8. The molecule has 164 valence electrons. The van der Waals surface area contributed by atoms with Crippen LogP contribution in [0.3, 0.4) is 0 Å². The van der Waals surface area contributed by atoms with Gasteiger partial charge in [-0.05, 0) is 48.9 Å². The van der Waals surface area contributed by atoms with Gasteiger partial charge in [0.15, 0.2) is 0 Å². The Labute approximate surface area is 183 Å². The molecule has 0 unspecified atom stereocenters. The van der Waals surface area contributed by atoms with Gasteiger partial charge in [0.25, 0.3) is 5.56 Å². The predicted octanol–water partition coefficient (Wildman–Crippen LogP) is 2.95. The first-order valence-electron chi connectivity index (χ1n) is 11.4. The Morgan fingerprint density at radius 1 is 1.00 bits per heavy atom. The van der Waals surface area contributed by atoms with Gasteiger partial charge < -0.3 is 14.2 Å². The van der Waals surface area contributed by atoms with Gasteiger partial charge >= 0.3 is 0 Å². The highest BCUT2D eigenvalue weighted by atomic mass is 16.5. The molecule has 0 saturated carbocycles. The molecule has 0 spiro atoms. The van der Waals surface area contributed by atoms with Crippen molar-refractivity contribution >= 4 is 5.91 Å². The van der Waals surface area contributed by atoms with E-state index in [4.69, 9.17) is 4.74 Å². The van der Waals surface area contributed by atoms with Crippen LogP contribution in [0.2, 0.25) is 0 Å². The molecule has 1 aromatic heterocycles. The van der Waals surface area contributed by atoms with Crippen LogP contribution in [0.4, 0.5) is 0 Å². The van der Waals surface area contributed by atoms with E-state index in [0.29, 0.717) is 17.9 Å². The summed E-state index contributed by atoms with van der Waals surface area (Å²) in [6.45, 7) is 6.24. The summed E-state index contributed by atoms with van der Waals surface area (Å²) in [6, 6.07) is 12.4. The Morgan fingerprint density at radius 2 is 1.74 bits per heavy atom. The zero-order valence-corrected chi connectivity index (χ0v) is 18.4. The zero-order valence-electron chi connectivity index (χ0n) is 18.4. The Hall–Kier alpha value is -2.60. The quantitative estimate of drug-likeness (QED) is 0.765. The van der Waals surface area contributed by atoms with Crippen molar-refractivity contribution in [2.24, 2.45) is 5.92 Å². The summed E-state index contributed by atoms with van der Waals surface area (Å²) in [4.78, 5) is 29.1. The molecular formula is C25H31N3O3. The summed E-state index contributed by atoms with van der Waals surface area (Å²) < 4.78 is 7.36. The first-order chi connectivity index (χ1) is 15.0. The van der Waals surface area contributed by atoms with Crippen LogP contribution >= 0.6 is 0 Å². The number of ether oxygens (including phenoxy) is 1. The minimum absolute atomic E-state index is 0.116. The van der Waals surface area contributed by atoms with E-state index in [1.165, 1.54) is 11.3 Å². The fraction of sp³-hybridized carbons (Fsp3) is 0.520. The van der Waals surface area contributed by atoms with E-state index >= 15 is 0 Å². The molecule has 0 aliphatic carbocycles. The van der Waals surface area contributed by atoms with Crippen molar-refractivity contribution in [2.75, 3.05) is 33.3 Å². The maximum Gasteiger partial charge on any atom is 0.250 e. The second-order valence-corrected chi connectivity index (χ2v) is 9.30. The molecule has 2 saturated heterocycles. The first kappa shape index (κ1) is 20.3. The largest absolute Gasteiger partial charge is 0.497 e. The number of hydrogen-bond donors (Lipinski definition) is 0. The Bertz CT molecular complexity index is 1020. The summed E-state index contributed by atoms with van der Waals surface area (Å²) >= 11 is 0. The van der Waals surface area contributed by atoms with Gasteiger partial charge in [0, 0.05) is 68.9 Å². The Morgan fingerprint density at radius 3 is 2.42 bits per heavy atom. The lowest BCUT2D eigenvalue weighted by Crippen LogP contribution is -2.53. The predicted molar refractivity (Wildman–Crippen MR) is 120 cm³/mol. The van der Waals surface area contributed by atoms with Crippen LogP contribution in [0.5, 0.6) is 5.75 Å². The smallest absolute Gasteiger partial charge is 0.250 e. The third kappa shape index (κ3) is 3.78. The number of aromatic nitrogens is 1. The molecular weight excluding hydrogens is 390 g/mol. The van der Waals surface area contributed by atoms with E-state index in [0.717, 1.165) is 63.3 Å². The highest BCUT2D eigenvalue weighted by molar-refractivity contribution is 5.73. The van der Waals surface area contributed by atoms with Crippen LogP contribution in [0.15, 0.2) is 41.2 Å². The number of amides is 1. The van der Waals surface area contributed by atoms with E-state index in [1.54, 1.807) is 20.1 Å². The van der Waals surface area contributed by atoms with Crippen LogP contribution in [-0.4, -0.2) is 59.6 Å². The summed E-state index contributed by atoms with van der Waals surface area (Å²) in [5, 5.41) is 0. The van der Waals surface area contributed by atoms with E-state index in [2.05, 4.69) is 17.0 Å². The molecule has 4 heterocycles. The van der Waals surface area contributed by atoms with Crippen molar-refractivity contribution in [1.29, 1.82) is 0 Å². The van der Waals surface area contributed by atoms with E-state index in [-0.39, 0.29) is 11.5 Å². The number of benzene rings is 1. The number of fused-ring (bicyclic) bond motifs is 4. The van der Waals surface area contributed by atoms with Gasteiger partial charge in [-0.25, -0.2) is 0 Å². The Balaban J connectivity index is 1.43. The number of carbonyl (C=O) groups is 1. The summed E-state index contributed by atoms with van der Waals surface area (Å²) in [5.74, 6) is 1.91. The number of rotatable bonds is 3. The normalized spacial score (nSPS) is 24.0. The monoisotopic (exact) mass is 421 g/mol. The number of hydrogen-bond acceptors (Lipinski definition) is 4. The lowest BCUT2D eigenvalue weighted by atomic mass is 9.79. The van der Waals surface area contributed by atoms with Gasteiger partial charge in [0.2, 0.25) is 5.91 Å². The number of pyridine rings is 1. The second kappa shape index (κ2) is 8.15. The fourth-order valence-corrected chi connectivity index (χ4v) is 5.91. The van der Waals surface area contributed by atoms with Gasteiger partial charge in [-0.15, -0.1) is 0 Å². The van der Waals surface area contributed by atoms with Gasteiger partial charge in [0.05, 0.1) is 7.11 Å². The molecule has 2 atom stereocenters. The van der Waals surface area contributed by atoms with Crippen LogP contribution in [0.1, 0.15) is 37.8 Å². The van der Waals surface area contributed by atoms with E-state index in [1.807, 2.05) is 27.7 Å². The second-order valence-electron chi connectivity index (χ2n) is 9.30. The molecule has 1 amide bonds. The molecule has 0 N–H and O–H groups in total. The van der Waals surface area contributed by atoms with Crippen molar-refractivity contribution < 1.29 is 9.53 Å². The van der Waals surface area contributed by atoms with E-state index in [9.17, 15) is 9.59 Å². The van der Waals surface area contributed by atoms with Gasteiger partial charge in [0.1, 0.15) is 5.75 Å². The van der Waals surface area contributed by atoms with Crippen molar-refractivity contribution in [3.63, 3.8) is 0 Å². The van der Waals surface area contributed by atoms with Crippen molar-refractivity contribution in [3.05, 3.63) is 52.4 Å². The molecule has 0 radical (unpaired) electrons. The number of methoxy groups -OCH3 is 1. The highest BCUT2D eigenvalue weighted by Crippen LogP contribution is 2.41. The number of piperidine rings is 2. The van der Waals surface area contributed by atoms with Crippen molar-refractivity contribution in [1.82, 2.24) is 14.4 Å². The number of nitrogens with zero attached hydrogens (tertiary/aromatic N) is 3. The average molecular weight is 422 g/mol. The molecule has 3 aliphatic heterocycles. The SMILES string of the molecule is COc1ccc(-c2ccc(=O)n3c2[C@@H]2C[C@@H](CN(C4CCN(C(C)=O)CC4)C2)C3)cc1. The van der Waals surface area contributed by atoms with Crippen LogP contribution in [0.25, 0.3) is 11.1 Å². The van der Waals surface area contributed by atoms with Gasteiger partial charge in [-0.3, -0.25) is 14.5 Å². The molecule has 2 aromatic rings. The van der Waals surface area contributed by atoms with Crippen LogP contribution in [-0.2, 0) is 11.3 Å². The van der Waals surface area contributed by atoms with Gasteiger partial charge in [-0.2, -0.15) is 0 Å². The van der Waals surface area contributed by atoms with Crippen molar-refractivity contribution in [2.45, 2.75) is 44.7 Å². The lowest BCUT2D eigenvalue weighted by Gasteiger charge is -2.48. The molecule has 6 heteroatoms. The molecule has 31 heavy (non-hydrogen) atoms. The lowest BCUT2D eigenvalue weighted by molar-refractivity contribution is -0.130. The van der Waals surface area contributed by atoms with Gasteiger partial charge in [-0.1, -0.05) is 12.1 Å². The van der Waals surface area contributed by atoms with Crippen LogP contribution < -0.4 is 10.3 Å². The summed E-state index contributed by atoms with van der Waals surface area (Å²) in [6.07, 6.45) is 3.24. The summed E-state index contributed by atoms with van der Waals surface area (Å²) in [7, 11) is 1.68. The minimum atomic E-state index is 0.116. The molecule has 6 nitrogen and oxygen atoms in total. The highest BCUT2D eigenvalue weighted by Gasteiger charge is 2.39. The average Bonchev–Trinajstić information content (AvgIpc) is 2.80. The fourth-order valence-electron chi connectivity index (χ4n) is 5.91. The number of carbonyl (C=O) groups excluding carboxylic acids is 1. The molecule has 3 aliphatic rings. The summed E-state index contributed by atoms with van der Waals surface area (Å²) in [5.41, 5.74) is 3.61. The first-order valence-corrected chi connectivity index (χ1v) is 11.4. The zero-order chi connectivity index (χ0) is 21.5. The third-order valence-electron chi connectivity index (χ3n) is 7.45. The topological polar surface area (TPSA) is 54.8 Å². The molecule has 2 fully saturated rings. The van der Waals surface area contributed by atoms with E-state index < -0.39 is 0 Å². The Kier molecular flexibility index (Phi) is 5.34. The molecule has 2 bridgehead atoms. The standard InChI is InChI=1S/C25H31N3O3/c1-17(29)26-11-9-21(10-12-26)27-14-18-13-20(16-27)25-23(7-8-24(30)28(25)15-18)19-3-5-22(31-2)6-4-19/h3-8,18,20-21H,9-16H2,1-2H3/t18-,20+/m0/s1. The third-order valence-corrected chi connectivity index (χ3v) is 7.45. The minimum Gasteiger partial charge on any atom is -0.497 e. The van der Waals surface area contributed by atoms with Crippen LogP contribution in [0, 0.1) is 5.92 Å². The maximum absolute atomic E-state index is 12.8. The molecule has 1 aromatic carbocycles. The van der Waals surface area contributed by atoms with Crippen molar-refractivity contribution in [3.8, 4) is 16.9 Å². The number of likely N-dealkylation sites (tertiary alicyclic amines) is 2. The molecule has 5 rings (SSSR count).